The molecule has 0 spiro atoms. The number of urea groups is 1. The van der Waals surface area contributed by atoms with E-state index in [0.29, 0.717) is 24.3 Å². The summed E-state index contributed by atoms with van der Waals surface area (Å²) >= 11 is 0. The smallest absolute Gasteiger partial charge is 0.319 e. The van der Waals surface area contributed by atoms with E-state index in [4.69, 9.17) is 0 Å². The van der Waals surface area contributed by atoms with E-state index in [2.05, 4.69) is 20.9 Å². The Morgan fingerprint density at radius 3 is 2.48 bits per heavy atom. The largest absolute Gasteiger partial charge is 0.334 e. The highest BCUT2D eigenvalue weighted by molar-refractivity contribution is 5.94. The Labute approximate surface area is 170 Å². The fraction of sp³-hybridized carbons (Fsp3) is 0.227. The second kappa shape index (κ2) is 9.54. The lowest BCUT2D eigenvalue weighted by Crippen LogP contribution is -2.28. The molecule has 3 rings (SSSR count). The molecule has 0 aliphatic heterocycles. The predicted octanol–water partition coefficient (Wildman–Crippen LogP) is 3.91. The van der Waals surface area contributed by atoms with Gasteiger partial charge in [0.15, 0.2) is 0 Å². The molecule has 150 valence electrons. The van der Waals surface area contributed by atoms with E-state index in [1.165, 1.54) is 0 Å². The lowest BCUT2D eigenvalue weighted by Gasteiger charge is -2.12. The molecule has 0 atom stereocenters. The minimum atomic E-state index is -0.297. The number of hydrogen-bond acceptors (Lipinski definition) is 3. The van der Waals surface area contributed by atoms with E-state index < -0.39 is 0 Å². The van der Waals surface area contributed by atoms with E-state index in [1.807, 2.05) is 54.1 Å². The van der Waals surface area contributed by atoms with Crippen molar-refractivity contribution in [2.24, 2.45) is 0 Å². The molecule has 29 heavy (non-hydrogen) atoms. The summed E-state index contributed by atoms with van der Waals surface area (Å²) in [5, 5.41) is 8.49. The molecule has 7 nitrogen and oxygen atoms in total. The second-order valence-corrected chi connectivity index (χ2v) is 6.79. The molecule has 0 radical (unpaired) electrons. The third kappa shape index (κ3) is 5.93. The molecule has 0 unspecified atom stereocenters. The Morgan fingerprint density at radius 1 is 1.03 bits per heavy atom. The van der Waals surface area contributed by atoms with E-state index in [1.54, 1.807) is 25.5 Å². The Kier molecular flexibility index (Phi) is 6.63. The topological polar surface area (TPSA) is 88.0 Å². The molecular weight excluding hydrogens is 366 g/mol. The van der Waals surface area contributed by atoms with Crippen molar-refractivity contribution in [3.05, 3.63) is 77.9 Å². The molecule has 0 fully saturated rings. The summed E-state index contributed by atoms with van der Waals surface area (Å²) in [4.78, 5) is 27.9. The van der Waals surface area contributed by atoms with Gasteiger partial charge in [0.1, 0.15) is 0 Å². The van der Waals surface area contributed by atoms with Crippen LogP contribution >= 0.6 is 0 Å². The molecule has 7 heteroatoms. The van der Waals surface area contributed by atoms with Crippen LogP contribution in [0.5, 0.6) is 0 Å². The zero-order chi connectivity index (χ0) is 20.6. The van der Waals surface area contributed by atoms with Crippen LogP contribution in [0.15, 0.2) is 61.2 Å². The lowest BCUT2D eigenvalue weighted by molar-refractivity contribution is -0.115. The number of anilines is 2. The van der Waals surface area contributed by atoms with Gasteiger partial charge in [-0.15, -0.1) is 0 Å². The predicted molar refractivity (Wildman–Crippen MR) is 114 cm³/mol. The average Bonchev–Trinajstić information content (AvgIpc) is 3.23. The van der Waals surface area contributed by atoms with E-state index in [0.717, 1.165) is 23.2 Å². The zero-order valence-electron chi connectivity index (χ0n) is 16.6. The van der Waals surface area contributed by atoms with Gasteiger partial charge < -0.3 is 20.5 Å². The van der Waals surface area contributed by atoms with Crippen LogP contribution in [-0.2, 0) is 17.9 Å². The van der Waals surface area contributed by atoms with Crippen molar-refractivity contribution in [2.75, 3.05) is 10.6 Å². The van der Waals surface area contributed by atoms with Crippen LogP contribution in [-0.4, -0.2) is 21.5 Å². The maximum atomic E-state index is 12.3. The van der Waals surface area contributed by atoms with E-state index in [9.17, 15) is 9.59 Å². The molecule has 0 saturated heterocycles. The van der Waals surface area contributed by atoms with Gasteiger partial charge in [0, 0.05) is 43.3 Å². The summed E-state index contributed by atoms with van der Waals surface area (Å²) in [7, 11) is 0. The van der Waals surface area contributed by atoms with Gasteiger partial charge in [0.05, 0.1) is 6.33 Å². The maximum absolute atomic E-state index is 12.3. The molecule has 0 aliphatic rings. The number of benzene rings is 2. The Hall–Kier alpha value is -3.61. The average molecular weight is 391 g/mol. The SMILES string of the molecule is CCC(=O)Nc1ccc(C)c(NC(=O)NCc2ccc(Cn3ccnc3)cc2)c1. The molecule has 0 aliphatic carbocycles. The second-order valence-electron chi connectivity index (χ2n) is 6.79. The van der Waals surface area contributed by atoms with Crippen LogP contribution in [0.25, 0.3) is 0 Å². The van der Waals surface area contributed by atoms with Gasteiger partial charge in [0.25, 0.3) is 0 Å². The number of rotatable bonds is 7. The number of nitrogens with one attached hydrogen (secondary N) is 3. The Morgan fingerprint density at radius 2 is 1.79 bits per heavy atom. The number of nitrogens with zero attached hydrogens (tertiary/aromatic N) is 2. The summed E-state index contributed by atoms with van der Waals surface area (Å²) < 4.78 is 2.00. The van der Waals surface area contributed by atoms with Gasteiger partial charge in [-0.2, -0.15) is 0 Å². The van der Waals surface area contributed by atoms with Gasteiger partial charge in [-0.05, 0) is 35.7 Å². The number of carbonyl (C=O) groups excluding carboxylic acids is 2. The van der Waals surface area contributed by atoms with Crippen molar-refractivity contribution in [2.45, 2.75) is 33.4 Å². The van der Waals surface area contributed by atoms with Crippen molar-refractivity contribution in [1.82, 2.24) is 14.9 Å². The van der Waals surface area contributed by atoms with Crippen molar-refractivity contribution in [3.63, 3.8) is 0 Å². The first kappa shape index (κ1) is 20.1. The van der Waals surface area contributed by atoms with Gasteiger partial charge in [0.2, 0.25) is 5.91 Å². The molecule has 1 heterocycles. The van der Waals surface area contributed by atoms with Gasteiger partial charge in [-0.25, -0.2) is 9.78 Å². The molecule has 0 saturated carbocycles. The highest BCUT2D eigenvalue weighted by Gasteiger charge is 2.07. The monoisotopic (exact) mass is 391 g/mol. The Bertz CT molecular complexity index is 965. The molecule has 2 aromatic carbocycles. The summed E-state index contributed by atoms with van der Waals surface area (Å²) in [6.07, 6.45) is 5.86. The van der Waals surface area contributed by atoms with Crippen molar-refractivity contribution in [1.29, 1.82) is 0 Å². The molecule has 3 N–H and O–H groups in total. The molecule has 3 amide bonds. The number of hydrogen-bond donors (Lipinski definition) is 3. The third-order valence-electron chi connectivity index (χ3n) is 4.49. The van der Waals surface area contributed by atoms with Crippen LogP contribution in [0, 0.1) is 6.92 Å². The van der Waals surface area contributed by atoms with Crippen molar-refractivity contribution in [3.8, 4) is 0 Å². The summed E-state index contributed by atoms with van der Waals surface area (Å²) in [5.74, 6) is -0.0688. The first-order valence-electron chi connectivity index (χ1n) is 9.52. The minimum absolute atomic E-state index is 0.0688. The van der Waals surface area contributed by atoms with E-state index in [-0.39, 0.29) is 11.9 Å². The van der Waals surface area contributed by atoms with E-state index >= 15 is 0 Å². The zero-order valence-corrected chi connectivity index (χ0v) is 16.6. The normalized spacial score (nSPS) is 10.4. The molecule has 1 aromatic heterocycles. The highest BCUT2D eigenvalue weighted by Crippen LogP contribution is 2.20. The van der Waals surface area contributed by atoms with Crippen LogP contribution in [0.4, 0.5) is 16.2 Å². The number of amides is 3. The number of aromatic nitrogens is 2. The van der Waals surface area contributed by atoms with Crippen molar-refractivity contribution < 1.29 is 9.59 Å². The minimum Gasteiger partial charge on any atom is -0.334 e. The first-order valence-corrected chi connectivity index (χ1v) is 9.52. The number of aryl methyl sites for hydroxylation is 1. The number of imidazole rings is 1. The molecule has 0 bridgehead atoms. The molecular formula is C22H25N5O2. The van der Waals surface area contributed by atoms with Gasteiger partial charge in [-0.1, -0.05) is 37.3 Å². The van der Waals surface area contributed by atoms with Crippen LogP contribution < -0.4 is 16.0 Å². The van der Waals surface area contributed by atoms with Gasteiger partial charge >= 0.3 is 6.03 Å². The first-order chi connectivity index (χ1) is 14.0. The fourth-order valence-corrected chi connectivity index (χ4v) is 2.79. The van der Waals surface area contributed by atoms with Gasteiger partial charge in [-0.3, -0.25) is 4.79 Å². The quantitative estimate of drug-likeness (QED) is 0.571. The summed E-state index contributed by atoms with van der Waals surface area (Å²) in [5.41, 5.74) is 4.41. The Balaban J connectivity index is 1.53. The van der Waals surface area contributed by atoms with Crippen LogP contribution in [0.3, 0.4) is 0 Å². The molecule has 3 aromatic rings. The maximum Gasteiger partial charge on any atom is 0.319 e. The third-order valence-corrected chi connectivity index (χ3v) is 4.49. The van der Waals surface area contributed by atoms with Crippen molar-refractivity contribution >= 4 is 23.3 Å². The van der Waals surface area contributed by atoms with Crippen LogP contribution in [0.2, 0.25) is 0 Å². The summed E-state index contributed by atoms with van der Waals surface area (Å²) in [6.45, 7) is 4.88. The summed E-state index contributed by atoms with van der Waals surface area (Å²) in [6, 6.07) is 13.2. The lowest BCUT2D eigenvalue weighted by atomic mass is 10.1. The number of carbonyl (C=O) groups is 2. The van der Waals surface area contributed by atoms with Crippen LogP contribution in [0.1, 0.15) is 30.0 Å². The standard InChI is InChI=1S/C22H25N5O2/c1-3-21(28)25-19-9-4-16(2)20(12-19)26-22(29)24-13-17-5-7-18(8-6-17)14-27-11-10-23-15-27/h4-12,15H,3,13-14H2,1-2H3,(H,25,28)(H2,24,26,29). The fourth-order valence-electron chi connectivity index (χ4n) is 2.79. The highest BCUT2D eigenvalue weighted by atomic mass is 16.2.